The molecule has 6 aromatic carbocycles. The number of nitrogens with zero attached hydrogens (tertiary/aromatic N) is 6. The van der Waals surface area contributed by atoms with Crippen LogP contribution in [-0.4, -0.2) is 27.4 Å². The van der Waals surface area contributed by atoms with Gasteiger partial charge in [0.15, 0.2) is 0 Å². The molecule has 0 saturated carbocycles. The molecular weight excluding hydrogens is 1450 g/mol. The molecule has 12 nitrogen and oxygen atoms in total. The van der Waals surface area contributed by atoms with E-state index in [9.17, 15) is 0 Å². The van der Waals surface area contributed by atoms with Crippen molar-refractivity contribution in [3.05, 3.63) is 198 Å². The fraction of sp³-hybridized carbons (Fsp3) is 0.364. The predicted octanol–water partition coefficient (Wildman–Crippen LogP) is 17.1. The predicted molar refractivity (Wildman–Crippen MR) is 372 cm³/mol. The molecular formula is C66H72Br6N6O6. The van der Waals surface area contributed by atoms with Gasteiger partial charge in [-0.2, -0.15) is 0 Å². The normalized spacial score (nSPS) is 11.7. The molecule has 0 radical (unpaired) electrons. The minimum atomic E-state index is -0.350. The topological polar surface area (TPSA) is 132 Å². The van der Waals surface area contributed by atoms with Crippen LogP contribution in [0, 0.1) is 35.5 Å². The van der Waals surface area contributed by atoms with Crippen LogP contribution in [0.25, 0.3) is 65.4 Å². The lowest BCUT2D eigenvalue weighted by Gasteiger charge is -2.14. The highest BCUT2D eigenvalue weighted by atomic mass is 79.9. The summed E-state index contributed by atoms with van der Waals surface area (Å²) in [5.74, 6) is -0.0632. The van der Waals surface area contributed by atoms with Crippen molar-refractivity contribution in [2.75, 3.05) is 0 Å². The van der Waals surface area contributed by atoms with Gasteiger partial charge < -0.3 is 27.4 Å². The van der Waals surface area contributed by atoms with E-state index in [2.05, 4.69) is 95.6 Å². The molecule has 0 aliphatic heterocycles. The number of hydrogen-bond acceptors (Lipinski definition) is 6. The molecule has 0 aliphatic carbocycles. The van der Waals surface area contributed by atoms with E-state index in [4.69, 9.17) is 0 Å². The fourth-order valence-corrected chi connectivity index (χ4v) is 12.7. The van der Waals surface area contributed by atoms with Crippen molar-refractivity contribution in [1.29, 1.82) is 0 Å². The monoisotopic (exact) mass is 1520 g/mol. The Morgan fingerprint density at radius 3 is 0.464 bits per heavy atom. The highest BCUT2D eigenvalue weighted by molar-refractivity contribution is 9.11. The largest absolute Gasteiger partial charge is 0.307 e. The van der Waals surface area contributed by atoms with E-state index in [0.717, 1.165) is 0 Å². The van der Waals surface area contributed by atoms with Crippen molar-refractivity contribution in [3.8, 4) is 0 Å². The Kier molecular flexibility index (Phi) is 22.7. The summed E-state index contributed by atoms with van der Waals surface area (Å²) >= 11 is 22.5. The Bertz CT molecular complexity index is 3740. The second-order valence-electron chi connectivity index (χ2n) is 23.9. The second kappa shape index (κ2) is 28.7. The fourth-order valence-electron chi connectivity index (χ4n) is 9.99. The number of aromatic nitrogens is 6. The third-order valence-electron chi connectivity index (χ3n) is 13.7. The first kappa shape index (κ1) is 66.5. The molecule has 7 rings (SSSR count). The first-order chi connectivity index (χ1) is 39.6. The summed E-state index contributed by atoms with van der Waals surface area (Å²) in [6, 6.07) is 31.3. The van der Waals surface area contributed by atoms with Crippen LogP contribution in [0.1, 0.15) is 83.1 Å². The van der Waals surface area contributed by atoms with Crippen molar-refractivity contribution in [2.24, 2.45) is 35.5 Å². The maximum Gasteiger partial charge on any atom is 0.258 e. The summed E-state index contributed by atoms with van der Waals surface area (Å²) in [6.45, 7) is 25.9. The number of halogens is 6. The van der Waals surface area contributed by atoms with Crippen molar-refractivity contribution < 1.29 is 0 Å². The van der Waals surface area contributed by atoms with Gasteiger partial charge in [0.1, 0.15) is 0 Å². The Balaban J connectivity index is 1.85. The van der Waals surface area contributed by atoms with Gasteiger partial charge in [-0.15, -0.1) is 0 Å². The number of fused-ring (bicyclic) bond motifs is 12. The van der Waals surface area contributed by atoms with E-state index in [1.54, 1.807) is 137 Å². The highest BCUT2D eigenvalue weighted by Crippen LogP contribution is 2.27. The molecule has 7 aromatic rings. The standard InChI is InChI=1S/C66H72Br6N6O6/c1-37(2)31-73-55-25-44(14-19-49(55)67)62(80)75(33-39(5)6)57-27-46(16-21-51(57)69)64(82)77(35-41(9)10)59-29-48(18-23-53(59)71)66(84)78(36-42(11)12)60-30-47(17-24-54(60)72)65(83)76(34-40(7)8)58-28-45(15-22-52(58)70)63(81)74(32-38(3)4)56-26-43(61(73)79)13-20-50(56)68/h13-30,37-42H,31-36H2,1-12H3. The van der Waals surface area contributed by atoms with E-state index in [-0.39, 0.29) is 108 Å². The van der Waals surface area contributed by atoms with Gasteiger partial charge in [-0.1, -0.05) is 83.1 Å². The lowest BCUT2D eigenvalue weighted by atomic mass is 10.1. The van der Waals surface area contributed by atoms with Crippen molar-refractivity contribution in [3.63, 3.8) is 0 Å². The molecule has 1 aromatic heterocycles. The van der Waals surface area contributed by atoms with E-state index in [1.165, 1.54) is 0 Å². The van der Waals surface area contributed by atoms with Gasteiger partial charge in [0.05, 0.1) is 33.1 Å². The number of hydrogen-bond donors (Lipinski definition) is 0. The van der Waals surface area contributed by atoms with Crippen LogP contribution in [-0.2, 0) is 39.3 Å². The van der Waals surface area contributed by atoms with Gasteiger partial charge in [-0.25, -0.2) is 0 Å². The molecule has 18 heteroatoms. The molecule has 0 unspecified atom stereocenters. The van der Waals surface area contributed by atoms with E-state index < -0.39 is 0 Å². The van der Waals surface area contributed by atoms with Crippen molar-refractivity contribution >= 4 is 161 Å². The molecule has 0 saturated heterocycles. The van der Waals surface area contributed by atoms with Gasteiger partial charge in [-0.05, 0) is 240 Å². The zero-order valence-electron chi connectivity index (χ0n) is 49.5. The first-order valence-electron chi connectivity index (χ1n) is 28.2. The molecule has 0 N–H and O–H groups in total. The SMILES string of the molecule is CC(C)Cn1c(=O)c2ccc(Br)c(c2)n(CC(C)C)c(=O)c2ccc(Br)c(c2)n(CC(C)C)c(=O)c2ccc(Br)c(c2)n(CC(C)C)c(=O)c2ccc(Br)c(c2)n(CC(C)C)c(=O)c2ccc(Br)c(c2)n(CC(C)C)c(=O)c2ccc(Br)c1c2. The summed E-state index contributed by atoms with van der Waals surface area (Å²) in [5.41, 5.74) is 0.714. The third kappa shape index (κ3) is 15.6. The van der Waals surface area contributed by atoms with Crippen LogP contribution in [0.5, 0.6) is 0 Å². The lowest BCUT2D eigenvalue weighted by Crippen LogP contribution is -2.24. The van der Waals surface area contributed by atoms with Gasteiger partial charge in [-0.3, -0.25) is 28.8 Å². The van der Waals surface area contributed by atoms with Crippen molar-refractivity contribution in [2.45, 2.75) is 122 Å². The molecule has 0 fully saturated rings. The molecule has 1 heterocycles. The van der Waals surface area contributed by atoms with Crippen LogP contribution >= 0.6 is 95.6 Å². The van der Waals surface area contributed by atoms with Gasteiger partial charge in [0.2, 0.25) is 0 Å². The van der Waals surface area contributed by atoms with E-state index >= 15 is 28.8 Å². The second-order valence-corrected chi connectivity index (χ2v) is 29.0. The lowest BCUT2D eigenvalue weighted by molar-refractivity contribution is 0.522. The Labute approximate surface area is 539 Å². The van der Waals surface area contributed by atoms with Gasteiger partial charge in [0.25, 0.3) is 33.4 Å². The maximum absolute atomic E-state index is 15.3. The van der Waals surface area contributed by atoms with Crippen molar-refractivity contribution in [1.82, 2.24) is 27.4 Å². The Morgan fingerprint density at radius 2 is 0.357 bits per heavy atom. The van der Waals surface area contributed by atoms with Gasteiger partial charge >= 0.3 is 0 Å². The summed E-state index contributed by atoms with van der Waals surface area (Å²) in [4.78, 5) is 91.8. The number of rotatable bonds is 12. The maximum atomic E-state index is 15.3. The molecule has 0 atom stereocenters. The average Bonchev–Trinajstić information content (AvgIpc) is 3.64. The molecule has 84 heavy (non-hydrogen) atoms. The van der Waals surface area contributed by atoms with Crippen LogP contribution in [0.2, 0.25) is 0 Å². The van der Waals surface area contributed by atoms with Crippen LogP contribution in [0.3, 0.4) is 0 Å². The Hall–Kier alpha value is -4.98. The minimum absolute atomic E-state index is 0.0105. The zero-order valence-corrected chi connectivity index (χ0v) is 59.0. The van der Waals surface area contributed by atoms with Gasteiger partial charge in [0, 0.05) is 98.4 Å². The molecule has 444 valence electrons. The molecule has 0 aliphatic rings. The highest BCUT2D eigenvalue weighted by Gasteiger charge is 2.16. The first-order valence-corrected chi connectivity index (χ1v) is 33.0. The summed E-state index contributed by atoms with van der Waals surface area (Å²) < 4.78 is 13.5. The smallest absolute Gasteiger partial charge is 0.258 e. The quantitative estimate of drug-likeness (QED) is 0.120. The molecule has 0 spiro atoms. The number of benzene rings is 6. The average molecular weight is 1520 g/mol. The van der Waals surface area contributed by atoms with E-state index in [0.29, 0.717) is 92.3 Å². The zero-order chi connectivity index (χ0) is 61.8. The van der Waals surface area contributed by atoms with Crippen LogP contribution in [0.4, 0.5) is 0 Å². The molecule has 12 bridgehead atoms. The Morgan fingerprint density at radius 1 is 0.238 bits per heavy atom. The van der Waals surface area contributed by atoms with Crippen LogP contribution < -0.4 is 33.4 Å². The van der Waals surface area contributed by atoms with Crippen LogP contribution in [0.15, 0.2) is 165 Å². The minimum Gasteiger partial charge on any atom is -0.307 e. The van der Waals surface area contributed by atoms with E-state index in [1.807, 2.05) is 83.1 Å². The summed E-state index contributed by atoms with van der Waals surface area (Å²) in [7, 11) is 0. The summed E-state index contributed by atoms with van der Waals surface area (Å²) in [6.07, 6.45) is 0. The molecule has 0 amide bonds. The third-order valence-corrected chi connectivity index (χ3v) is 17.7. The summed E-state index contributed by atoms with van der Waals surface area (Å²) in [5, 5.41) is 1.85.